The number of esters is 1. The van der Waals surface area contributed by atoms with Crippen molar-refractivity contribution in [2.75, 3.05) is 5.32 Å². The highest BCUT2D eigenvalue weighted by Gasteiger charge is 2.18. The molecule has 3 rings (SSSR count). The molecule has 1 aromatic carbocycles. The first kappa shape index (κ1) is 19.5. The quantitative estimate of drug-likeness (QED) is 0.517. The summed E-state index contributed by atoms with van der Waals surface area (Å²) < 4.78 is 33.4. The minimum Gasteiger partial charge on any atom is -0.449 e. The van der Waals surface area contributed by atoms with Crippen LogP contribution in [0.3, 0.4) is 0 Å². The predicted octanol–water partition coefficient (Wildman–Crippen LogP) is 3.85. The third kappa shape index (κ3) is 4.34. The number of imidazole rings is 1. The number of ether oxygens (including phenoxy) is 1. The summed E-state index contributed by atoms with van der Waals surface area (Å²) in [6.45, 7) is 1.31. The average molecular weight is 406 g/mol. The van der Waals surface area contributed by atoms with Crippen LogP contribution in [0.15, 0.2) is 48.7 Å². The van der Waals surface area contributed by atoms with Gasteiger partial charge in [-0.05, 0) is 37.3 Å². The molecular formula is C19H14ClF2N3O3. The van der Waals surface area contributed by atoms with E-state index in [1.54, 1.807) is 28.8 Å². The first-order valence-electron chi connectivity index (χ1n) is 8.12. The standard InChI is InChI=1S/C19H14ClF2N3O3/c1-11(19(27)23-14-10-12(21)5-6-13(14)22)28-17(26)8-7-15-18(20)24-16-4-2-3-9-25(15)16/h2-11H,1H3,(H,23,27)/b8-7+/t11-/m1/s1. The van der Waals surface area contributed by atoms with Gasteiger partial charge in [0.25, 0.3) is 5.91 Å². The van der Waals surface area contributed by atoms with Gasteiger partial charge in [-0.15, -0.1) is 0 Å². The Labute approximate surface area is 163 Å². The smallest absolute Gasteiger partial charge is 0.331 e. The molecule has 144 valence electrons. The lowest BCUT2D eigenvalue weighted by molar-refractivity contribution is -0.148. The molecule has 6 nitrogen and oxygen atoms in total. The second-order valence-electron chi connectivity index (χ2n) is 5.74. The molecule has 2 aromatic heterocycles. The molecule has 0 spiro atoms. The molecule has 0 bridgehead atoms. The lowest BCUT2D eigenvalue weighted by Gasteiger charge is -2.12. The van der Waals surface area contributed by atoms with Gasteiger partial charge >= 0.3 is 5.97 Å². The molecule has 1 N–H and O–H groups in total. The first-order chi connectivity index (χ1) is 13.3. The van der Waals surface area contributed by atoms with Crippen LogP contribution < -0.4 is 5.32 Å². The topological polar surface area (TPSA) is 72.7 Å². The van der Waals surface area contributed by atoms with Crippen LogP contribution in [-0.2, 0) is 14.3 Å². The van der Waals surface area contributed by atoms with Crippen molar-refractivity contribution in [3.63, 3.8) is 0 Å². The normalized spacial score (nSPS) is 12.3. The van der Waals surface area contributed by atoms with Crippen molar-refractivity contribution in [2.24, 2.45) is 0 Å². The number of pyridine rings is 1. The van der Waals surface area contributed by atoms with Crippen molar-refractivity contribution in [1.29, 1.82) is 0 Å². The lowest BCUT2D eigenvalue weighted by Crippen LogP contribution is -2.29. The van der Waals surface area contributed by atoms with Crippen molar-refractivity contribution < 1.29 is 23.1 Å². The molecule has 0 unspecified atom stereocenters. The predicted molar refractivity (Wildman–Crippen MR) is 99.8 cm³/mol. The summed E-state index contributed by atoms with van der Waals surface area (Å²) in [5, 5.41) is 2.37. The van der Waals surface area contributed by atoms with Crippen LogP contribution in [0.2, 0.25) is 5.15 Å². The van der Waals surface area contributed by atoms with Crippen LogP contribution in [0.1, 0.15) is 12.6 Å². The van der Waals surface area contributed by atoms with E-state index in [0.717, 1.165) is 24.3 Å². The second-order valence-corrected chi connectivity index (χ2v) is 6.10. The number of nitrogens with zero attached hydrogens (tertiary/aromatic N) is 2. The molecule has 0 aliphatic carbocycles. The van der Waals surface area contributed by atoms with E-state index in [2.05, 4.69) is 10.3 Å². The number of rotatable bonds is 5. The lowest BCUT2D eigenvalue weighted by atomic mass is 10.2. The molecule has 1 amide bonds. The van der Waals surface area contributed by atoms with Crippen LogP contribution in [-0.4, -0.2) is 27.4 Å². The molecule has 3 aromatic rings. The highest BCUT2D eigenvalue weighted by molar-refractivity contribution is 6.31. The van der Waals surface area contributed by atoms with E-state index < -0.39 is 29.6 Å². The molecule has 0 aliphatic heterocycles. The number of hydrogen-bond acceptors (Lipinski definition) is 4. The molecule has 28 heavy (non-hydrogen) atoms. The minimum atomic E-state index is -1.24. The molecule has 0 saturated carbocycles. The van der Waals surface area contributed by atoms with Crippen molar-refractivity contribution in [3.05, 3.63) is 71.2 Å². The van der Waals surface area contributed by atoms with Gasteiger partial charge in [-0.2, -0.15) is 0 Å². The molecule has 1 atom stereocenters. The van der Waals surface area contributed by atoms with Gasteiger partial charge in [0.05, 0.1) is 11.4 Å². The van der Waals surface area contributed by atoms with Gasteiger partial charge in [0.15, 0.2) is 11.3 Å². The maximum atomic E-state index is 13.6. The fourth-order valence-electron chi connectivity index (χ4n) is 2.38. The van der Waals surface area contributed by atoms with E-state index in [0.29, 0.717) is 11.3 Å². The Bertz CT molecular complexity index is 1080. The zero-order valence-corrected chi connectivity index (χ0v) is 15.3. The number of hydrogen-bond donors (Lipinski definition) is 1. The largest absolute Gasteiger partial charge is 0.449 e. The highest BCUT2D eigenvalue weighted by Crippen LogP contribution is 2.19. The third-order valence-corrected chi connectivity index (χ3v) is 4.03. The number of aromatic nitrogens is 2. The maximum Gasteiger partial charge on any atom is 0.331 e. The Morgan fingerprint density at radius 2 is 2.07 bits per heavy atom. The zero-order chi connectivity index (χ0) is 20.3. The second kappa shape index (κ2) is 8.18. The Kier molecular flexibility index (Phi) is 5.70. The van der Waals surface area contributed by atoms with E-state index in [1.807, 2.05) is 0 Å². The molecule has 0 saturated heterocycles. The van der Waals surface area contributed by atoms with E-state index >= 15 is 0 Å². The molecule has 0 fully saturated rings. The fraction of sp³-hybridized carbons (Fsp3) is 0.105. The number of halogens is 3. The highest BCUT2D eigenvalue weighted by atomic mass is 35.5. The van der Waals surface area contributed by atoms with E-state index in [-0.39, 0.29) is 10.8 Å². The van der Waals surface area contributed by atoms with Crippen LogP contribution in [0.4, 0.5) is 14.5 Å². The van der Waals surface area contributed by atoms with Gasteiger partial charge in [0, 0.05) is 18.3 Å². The van der Waals surface area contributed by atoms with Gasteiger partial charge < -0.3 is 10.1 Å². The number of nitrogens with one attached hydrogen (secondary N) is 1. The van der Waals surface area contributed by atoms with Gasteiger partial charge in [0.1, 0.15) is 17.3 Å². The monoisotopic (exact) mass is 405 g/mol. The number of anilines is 1. The number of carbonyl (C=O) groups excluding carboxylic acids is 2. The van der Waals surface area contributed by atoms with Crippen molar-refractivity contribution in [1.82, 2.24) is 9.38 Å². The summed E-state index contributed by atoms with van der Waals surface area (Å²) in [7, 11) is 0. The SMILES string of the molecule is C[C@@H](OC(=O)/C=C/c1c(Cl)nc2ccccn12)C(=O)Nc1cc(F)ccc1F. The summed E-state index contributed by atoms with van der Waals surface area (Å²) in [5.41, 5.74) is 0.722. The summed E-state index contributed by atoms with van der Waals surface area (Å²) in [4.78, 5) is 28.2. The summed E-state index contributed by atoms with van der Waals surface area (Å²) in [5.74, 6) is -3.15. The first-order valence-corrected chi connectivity index (χ1v) is 8.50. The molecule has 9 heteroatoms. The van der Waals surface area contributed by atoms with E-state index in [1.165, 1.54) is 13.0 Å². The third-order valence-electron chi connectivity index (χ3n) is 3.75. The number of benzene rings is 1. The number of carbonyl (C=O) groups is 2. The van der Waals surface area contributed by atoms with Crippen LogP contribution in [0.5, 0.6) is 0 Å². The maximum absolute atomic E-state index is 13.6. The van der Waals surface area contributed by atoms with E-state index in [9.17, 15) is 18.4 Å². The van der Waals surface area contributed by atoms with Crippen LogP contribution in [0, 0.1) is 11.6 Å². The Hall–Kier alpha value is -3.26. The van der Waals surface area contributed by atoms with Crippen LogP contribution in [0.25, 0.3) is 11.7 Å². The van der Waals surface area contributed by atoms with Gasteiger partial charge in [-0.3, -0.25) is 9.20 Å². The number of amides is 1. The van der Waals surface area contributed by atoms with Crippen LogP contribution >= 0.6 is 11.6 Å². The number of fused-ring (bicyclic) bond motifs is 1. The summed E-state index contributed by atoms with van der Waals surface area (Å²) >= 11 is 6.06. The molecule has 0 aliphatic rings. The van der Waals surface area contributed by atoms with Crippen molar-refractivity contribution >= 4 is 40.9 Å². The molecular weight excluding hydrogens is 392 g/mol. The summed E-state index contributed by atoms with van der Waals surface area (Å²) in [6, 6.07) is 7.95. The van der Waals surface area contributed by atoms with Gasteiger partial charge in [-0.25, -0.2) is 18.6 Å². The van der Waals surface area contributed by atoms with E-state index in [4.69, 9.17) is 16.3 Å². The Morgan fingerprint density at radius 3 is 2.86 bits per heavy atom. The van der Waals surface area contributed by atoms with Crippen molar-refractivity contribution in [3.8, 4) is 0 Å². The Balaban J connectivity index is 1.65. The summed E-state index contributed by atoms with van der Waals surface area (Å²) in [6.07, 6.45) is 2.98. The molecule has 2 heterocycles. The average Bonchev–Trinajstić information content (AvgIpc) is 2.98. The van der Waals surface area contributed by atoms with Crippen molar-refractivity contribution in [2.45, 2.75) is 13.0 Å². The van der Waals surface area contributed by atoms with Gasteiger partial charge in [-0.1, -0.05) is 17.7 Å². The fourth-order valence-corrected chi connectivity index (χ4v) is 2.62. The Morgan fingerprint density at radius 1 is 1.29 bits per heavy atom. The minimum absolute atomic E-state index is 0.197. The van der Waals surface area contributed by atoms with Gasteiger partial charge in [0.2, 0.25) is 0 Å². The molecule has 0 radical (unpaired) electrons. The zero-order valence-electron chi connectivity index (χ0n) is 14.5.